The molecule has 4 atom stereocenters. The maximum absolute atomic E-state index is 13.3. The quantitative estimate of drug-likeness (QED) is 0.181. The highest BCUT2D eigenvalue weighted by Crippen LogP contribution is 2.40. The first-order valence-corrected chi connectivity index (χ1v) is 15.2. The summed E-state index contributed by atoms with van der Waals surface area (Å²) in [5.41, 5.74) is -0.303. The normalized spacial score (nSPS) is 21.0. The number of hydrogen-bond acceptors (Lipinski definition) is 6. The number of ether oxygens (including phenoxy) is 2. The standard InChI is InChI=1S/C34H34F6N4O2/c1-43-19-5-9-27(43)29(21-11-15-23(16-12-21)33(35,36)37)45-31-25-7-3-4-8-26(25)32(42-41-31)46-30(28-10-6-20-44(28)2)22-13-17-24(18-14-22)34(38,39)40/h3-4,7-8,11-18,27-30H,5-6,9-10,19-20H2,1-2H3/t27-,28?,29-,30-/m0/s1. The first-order chi connectivity index (χ1) is 21.9. The van der Waals surface area contributed by atoms with Crippen LogP contribution in [0.25, 0.3) is 10.8 Å². The minimum absolute atomic E-state index is 0.102. The molecule has 46 heavy (non-hydrogen) atoms. The third-order valence-corrected chi connectivity index (χ3v) is 9.08. The molecule has 3 aromatic carbocycles. The Kier molecular flexibility index (Phi) is 8.86. The Bertz CT molecular complexity index is 1520. The lowest BCUT2D eigenvalue weighted by Gasteiger charge is -2.31. The second-order valence-corrected chi connectivity index (χ2v) is 12.1. The maximum Gasteiger partial charge on any atom is 0.416 e. The van der Waals surface area contributed by atoms with Crippen molar-refractivity contribution >= 4 is 10.8 Å². The lowest BCUT2D eigenvalue weighted by atomic mass is 9.98. The van der Waals surface area contributed by atoms with E-state index >= 15 is 0 Å². The molecule has 0 bridgehead atoms. The molecule has 0 radical (unpaired) electrons. The number of benzene rings is 3. The van der Waals surface area contributed by atoms with Crippen LogP contribution in [0.1, 0.15) is 60.1 Å². The molecule has 1 unspecified atom stereocenters. The monoisotopic (exact) mass is 644 g/mol. The highest BCUT2D eigenvalue weighted by atomic mass is 19.4. The van der Waals surface area contributed by atoms with Crippen LogP contribution < -0.4 is 9.47 Å². The smallest absolute Gasteiger partial charge is 0.416 e. The second-order valence-electron chi connectivity index (χ2n) is 12.1. The number of nitrogens with zero attached hydrogens (tertiary/aromatic N) is 4. The summed E-state index contributed by atoms with van der Waals surface area (Å²) in [7, 11) is 3.92. The molecule has 2 aliphatic rings. The molecule has 244 valence electrons. The van der Waals surface area contributed by atoms with Gasteiger partial charge in [0.2, 0.25) is 11.8 Å². The topological polar surface area (TPSA) is 50.7 Å². The summed E-state index contributed by atoms with van der Waals surface area (Å²) in [5, 5.41) is 10.00. The van der Waals surface area contributed by atoms with Crippen molar-refractivity contribution in [1.82, 2.24) is 20.0 Å². The number of aromatic nitrogens is 2. The van der Waals surface area contributed by atoms with Gasteiger partial charge in [0, 0.05) is 0 Å². The minimum atomic E-state index is -4.46. The summed E-state index contributed by atoms with van der Waals surface area (Å²) in [6.45, 7) is 1.65. The van der Waals surface area contributed by atoms with Gasteiger partial charge in [-0.3, -0.25) is 9.80 Å². The summed E-state index contributed by atoms with van der Waals surface area (Å²) < 4.78 is 92.9. The molecule has 0 N–H and O–H groups in total. The number of hydrogen-bond donors (Lipinski definition) is 0. The van der Waals surface area contributed by atoms with Gasteiger partial charge in [-0.15, -0.1) is 10.2 Å². The van der Waals surface area contributed by atoms with Crippen LogP contribution in [0.2, 0.25) is 0 Å². The summed E-state index contributed by atoms with van der Waals surface area (Å²) in [4.78, 5) is 4.25. The number of likely N-dealkylation sites (N-methyl/N-ethyl adjacent to an activating group) is 2. The lowest BCUT2D eigenvalue weighted by molar-refractivity contribution is -0.138. The first-order valence-electron chi connectivity index (χ1n) is 15.2. The van der Waals surface area contributed by atoms with Crippen molar-refractivity contribution in [2.75, 3.05) is 27.2 Å². The zero-order valence-corrected chi connectivity index (χ0v) is 25.4. The van der Waals surface area contributed by atoms with E-state index in [0.29, 0.717) is 21.9 Å². The molecule has 2 aliphatic heterocycles. The van der Waals surface area contributed by atoms with Gasteiger partial charge >= 0.3 is 12.4 Å². The number of fused-ring (bicyclic) bond motifs is 1. The van der Waals surface area contributed by atoms with Gasteiger partial charge in [-0.2, -0.15) is 26.3 Å². The molecule has 2 fully saturated rings. The van der Waals surface area contributed by atoms with Crippen molar-refractivity contribution in [2.24, 2.45) is 0 Å². The fourth-order valence-electron chi connectivity index (χ4n) is 6.57. The Morgan fingerprint density at radius 2 is 0.978 bits per heavy atom. The summed E-state index contributed by atoms with van der Waals surface area (Å²) in [5.74, 6) is 0.412. The van der Waals surface area contributed by atoms with Crippen LogP contribution in [0.4, 0.5) is 26.3 Å². The van der Waals surface area contributed by atoms with Crippen LogP contribution in [-0.2, 0) is 12.4 Å². The lowest BCUT2D eigenvalue weighted by Crippen LogP contribution is -2.35. The van der Waals surface area contributed by atoms with Crippen LogP contribution in [0.3, 0.4) is 0 Å². The Balaban J connectivity index is 1.35. The molecular formula is C34H34F6N4O2. The maximum atomic E-state index is 13.3. The van der Waals surface area contributed by atoms with Crippen LogP contribution >= 0.6 is 0 Å². The van der Waals surface area contributed by atoms with E-state index < -0.39 is 35.7 Å². The number of likely N-dealkylation sites (tertiary alicyclic amines) is 2. The molecule has 0 saturated carbocycles. The first kappa shape index (κ1) is 32.1. The average molecular weight is 645 g/mol. The fraction of sp³-hybridized carbons (Fsp3) is 0.412. The van der Waals surface area contributed by atoms with E-state index in [-0.39, 0.29) is 23.8 Å². The molecule has 4 aromatic rings. The number of alkyl halides is 6. The van der Waals surface area contributed by atoms with Crippen molar-refractivity contribution in [3.8, 4) is 11.8 Å². The van der Waals surface area contributed by atoms with E-state index in [9.17, 15) is 26.3 Å². The molecular weight excluding hydrogens is 610 g/mol. The Morgan fingerprint density at radius 3 is 1.28 bits per heavy atom. The summed E-state index contributed by atoms with van der Waals surface area (Å²) in [6.07, 6.45) is -6.73. The third-order valence-electron chi connectivity index (χ3n) is 9.08. The van der Waals surface area contributed by atoms with Gasteiger partial charge < -0.3 is 9.47 Å². The third kappa shape index (κ3) is 6.64. The molecule has 1 aromatic heterocycles. The van der Waals surface area contributed by atoms with Gasteiger partial charge in [-0.1, -0.05) is 36.4 Å². The zero-order chi connectivity index (χ0) is 32.6. The fourth-order valence-corrected chi connectivity index (χ4v) is 6.57. The van der Waals surface area contributed by atoms with Gasteiger partial charge in [0.25, 0.3) is 0 Å². The van der Waals surface area contributed by atoms with Crippen LogP contribution in [-0.4, -0.2) is 59.3 Å². The molecule has 0 aliphatic carbocycles. The highest BCUT2D eigenvalue weighted by Gasteiger charge is 2.37. The van der Waals surface area contributed by atoms with E-state index in [1.54, 1.807) is 0 Å². The average Bonchev–Trinajstić information content (AvgIpc) is 3.66. The molecule has 0 spiro atoms. The number of halogens is 6. The predicted octanol–water partition coefficient (Wildman–Crippen LogP) is 8.10. The molecule has 0 amide bonds. The van der Waals surface area contributed by atoms with Crippen molar-refractivity contribution in [3.63, 3.8) is 0 Å². The Labute approximate surface area is 262 Å². The molecule has 3 heterocycles. The van der Waals surface area contributed by atoms with Crippen LogP contribution in [0.15, 0.2) is 72.8 Å². The van der Waals surface area contributed by atoms with Gasteiger partial charge in [0.1, 0.15) is 12.2 Å². The largest absolute Gasteiger partial charge is 0.466 e. The summed E-state index contributed by atoms with van der Waals surface area (Å²) in [6, 6.07) is 17.0. The Hall–Kier alpha value is -3.90. The van der Waals surface area contributed by atoms with Gasteiger partial charge in [-0.25, -0.2) is 0 Å². The minimum Gasteiger partial charge on any atom is -0.466 e. The van der Waals surface area contributed by atoms with Gasteiger partial charge in [0.05, 0.1) is 34.0 Å². The highest BCUT2D eigenvalue weighted by molar-refractivity contribution is 5.90. The molecule has 6 rings (SSSR count). The van der Waals surface area contributed by atoms with E-state index in [2.05, 4.69) is 20.0 Å². The van der Waals surface area contributed by atoms with Crippen LogP contribution in [0.5, 0.6) is 11.8 Å². The molecule has 12 heteroatoms. The van der Waals surface area contributed by atoms with Gasteiger partial charge in [0.15, 0.2) is 0 Å². The van der Waals surface area contributed by atoms with E-state index in [1.807, 2.05) is 38.4 Å². The van der Waals surface area contributed by atoms with Crippen molar-refractivity contribution in [3.05, 3.63) is 95.1 Å². The van der Waals surface area contributed by atoms with Crippen molar-refractivity contribution < 1.29 is 35.8 Å². The van der Waals surface area contributed by atoms with E-state index in [0.717, 1.165) is 63.0 Å². The second kappa shape index (κ2) is 12.7. The number of rotatable bonds is 8. The van der Waals surface area contributed by atoms with E-state index in [1.165, 1.54) is 24.3 Å². The Morgan fingerprint density at radius 1 is 0.609 bits per heavy atom. The SMILES string of the molecule is CN1CCCC1[C@@H](Oc1nnc(O[C@@H](c2ccc(C(F)(F)F)cc2)[C@@H]2CCCN2C)c2ccccc12)c1ccc(C(F)(F)F)cc1. The molecule has 2 saturated heterocycles. The van der Waals surface area contributed by atoms with Crippen molar-refractivity contribution in [2.45, 2.75) is 62.3 Å². The predicted molar refractivity (Wildman–Crippen MR) is 160 cm³/mol. The van der Waals surface area contributed by atoms with E-state index in [4.69, 9.17) is 9.47 Å². The molecule has 6 nitrogen and oxygen atoms in total. The zero-order valence-electron chi connectivity index (χ0n) is 25.4. The van der Waals surface area contributed by atoms with Gasteiger partial charge in [-0.05, 0) is 100 Å². The summed E-state index contributed by atoms with van der Waals surface area (Å²) >= 11 is 0. The van der Waals surface area contributed by atoms with Crippen LogP contribution in [0, 0.1) is 0 Å². The van der Waals surface area contributed by atoms with Crippen molar-refractivity contribution in [1.29, 1.82) is 0 Å².